The molecule has 0 unspecified atom stereocenters. The summed E-state index contributed by atoms with van der Waals surface area (Å²) in [7, 11) is 0. The summed E-state index contributed by atoms with van der Waals surface area (Å²) in [5, 5.41) is 3.21. The zero-order chi connectivity index (χ0) is 10.9. The fourth-order valence-corrected chi connectivity index (χ4v) is 1.75. The Hall–Kier alpha value is -1.10. The lowest BCUT2D eigenvalue weighted by molar-refractivity contribution is -0.141. The van der Waals surface area contributed by atoms with Gasteiger partial charge in [-0.2, -0.15) is 13.2 Å². The van der Waals surface area contributed by atoms with Gasteiger partial charge in [0.1, 0.15) is 5.69 Å². The van der Waals surface area contributed by atoms with E-state index in [1.165, 1.54) is 12.3 Å². The summed E-state index contributed by atoms with van der Waals surface area (Å²) in [5.41, 5.74) is 0.00440. The normalized spacial score (nSPS) is 21.9. The molecular weight excluding hydrogens is 205 g/mol. The highest BCUT2D eigenvalue weighted by atomic mass is 19.4. The SMILES string of the molecule is FC(F)(F)c1ccc([C@H]2CCCN2)cn1. The molecule has 2 heterocycles. The predicted octanol–water partition coefficient (Wildman–Crippen LogP) is 2.52. The Morgan fingerprint density at radius 3 is 2.60 bits per heavy atom. The van der Waals surface area contributed by atoms with Crippen LogP contribution in [0, 0.1) is 0 Å². The van der Waals surface area contributed by atoms with Gasteiger partial charge in [-0.15, -0.1) is 0 Å². The van der Waals surface area contributed by atoms with Crippen molar-refractivity contribution in [2.45, 2.75) is 25.1 Å². The van der Waals surface area contributed by atoms with Gasteiger partial charge in [0.2, 0.25) is 0 Å². The first-order valence-electron chi connectivity index (χ1n) is 4.84. The fourth-order valence-electron chi connectivity index (χ4n) is 1.75. The van der Waals surface area contributed by atoms with Gasteiger partial charge in [0.25, 0.3) is 0 Å². The summed E-state index contributed by atoms with van der Waals surface area (Å²) in [6, 6.07) is 2.70. The van der Waals surface area contributed by atoms with Gasteiger partial charge in [0, 0.05) is 12.2 Å². The molecule has 0 radical (unpaired) electrons. The van der Waals surface area contributed by atoms with Gasteiger partial charge in [0.05, 0.1) is 0 Å². The van der Waals surface area contributed by atoms with E-state index < -0.39 is 11.9 Å². The van der Waals surface area contributed by atoms with Crippen LogP contribution in [0.5, 0.6) is 0 Å². The second-order valence-electron chi connectivity index (χ2n) is 3.62. The Kier molecular flexibility index (Phi) is 2.65. The molecule has 5 heteroatoms. The molecule has 2 rings (SSSR count). The van der Waals surface area contributed by atoms with Crippen molar-refractivity contribution >= 4 is 0 Å². The number of pyridine rings is 1. The first-order chi connectivity index (χ1) is 7.07. The minimum atomic E-state index is -4.35. The van der Waals surface area contributed by atoms with E-state index in [1.807, 2.05) is 0 Å². The van der Waals surface area contributed by atoms with Crippen LogP contribution in [0.3, 0.4) is 0 Å². The molecule has 82 valence electrons. The molecule has 0 saturated carbocycles. The van der Waals surface area contributed by atoms with Crippen LogP contribution in [0.2, 0.25) is 0 Å². The van der Waals surface area contributed by atoms with Crippen LogP contribution in [-0.2, 0) is 6.18 Å². The molecule has 0 amide bonds. The molecule has 1 atom stereocenters. The minimum absolute atomic E-state index is 0.166. The van der Waals surface area contributed by atoms with Crippen molar-refractivity contribution in [3.8, 4) is 0 Å². The lowest BCUT2D eigenvalue weighted by atomic mass is 10.1. The number of rotatable bonds is 1. The van der Waals surface area contributed by atoms with Crippen LogP contribution in [0.15, 0.2) is 18.3 Å². The third-order valence-corrected chi connectivity index (χ3v) is 2.54. The van der Waals surface area contributed by atoms with Gasteiger partial charge in [-0.3, -0.25) is 4.98 Å². The summed E-state index contributed by atoms with van der Waals surface area (Å²) in [4.78, 5) is 3.43. The van der Waals surface area contributed by atoms with E-state index in [0.717, 1.165) is 31.0 Å². The third kappa shape index (κ3) is 2.28. The standard InChI is InChI=1S/C10H11F3N2/c11-10(12,13)9-4-3-7(6-15-9)8-2-1-5-14-8/h3-4,6,8,14H,1-2,5H2/t8-/m1/s1. The van der Waals surface area contributed by atoms with Gasteiger partial charge in [-0.25, -0.2) is 0 Å². The molecule has 1 aromatic heterocycles. The number of nitrogens with zero attached hydrogens (tertiary/aromatic N) is 1. The molecule has 1 N–H and O–H groups in total. The molecule has 0 aliphatic carbocycles. The Bertz CT molecular complexity index is 326. The molecule has 15 heavy (non-hydrogen) atoms. The van der Waals surface area contributed by atoms with E-state index in [4.69, 9.17) is 0 Å². The van der Waals surface area contributed by atoms with Gasteiger partial charge in [-0.05, 0) is 31.0 Å². The summed E-state index contributed by atoms with van der Waals surface area (Å²) < 4.78 is 36.7. The number of hydrogen-bond donors (Lipinski definition) is 1. The van der Waals surface area contributed by atoms with E-state index in [-0.39, 0.29) is 6.04 Å². The van der Waals surface area contributed by atoms with Crippen LogP contribution < -0.4 is 5.32 Å². The van der Waals surface area contributed by atoms with E-state index in [9.17, 15) is 13.2 Å². The molecule has 0 bridgehead atoms. The number of nitrogens with one attached hydrogen (secondary N) is 1. The van der Waals surface area contributed by atoms with Gasteiger partial charge >= 0.3 is 6.18 Å². The maximum atomic E-state index is 12.2. The molecule has 1 aliphatic heterocycles. The summed E-state index contributed by atoms with van der Waals surface area (Å²) >= 11 is 0. The van der Waals surface area contributed by atoms with Gasteiger partial charge in [0.15, 0.2) is 0 Å². The number of halogens is 3. The quantitative estimate of drug-likeness (QED) is 0.780. The summed E-state index contributed by atoms with van der Waals surface area (Å²) in [6.45, 7) is 0.922. The first-order valence-corrected chi connectivity index (χ1v) is 4.84. The van der Waals surface area contributed by atoms with Crippen molar-refractivity contribution in [2.24, 2.45) is 0 Å². The van der Waals surface area contributed by atoms with E-state index in [0.29, 0.717) is 0 Å². The van der Waals surface area contributed by atoms with Crippen molar-refractivity contribution in [2.75, 3.05) is 6.54 Å². The molecule has 1 aromatic rings. The van der Waals surface area contributed by atoms with Crippen molar-refractivity contribution in [1.82, 2.24) is 10.3 Å². The largest absolute Gasteiger partial charge is 0.433 e. The fraction of sp³-hybridized carbons (Fsp3) is 0.500. The number of hydrogen-bond acceptors (Lipinski definition) is 2. The zero-order valence-electron chi connectivity index (χ0n) is 8.01. The number of alkyl halides is 3. The second-order valence-corrected chi connectivity index (χ2v) is 3.62. The molecule has 0 spiro atoms. The van der Waals surface area contributed by atoms with Crippen LogP contribution in [0.25, 0.3) is 0 Å². The molecule has 1 aliphatic rings. The van der Waals surface area contributed by atoms with Gasteiger partial charge in [-0.1, -0.05) is 6.07 Å². The van der Waals surface area contributed by atoms with Crippen molar-refractivity contribution in [1.29, 1.82) is 0 Å². The average molecular weight is 216 g/mol. The van der Waals surface area contributed by atoms with E-state index in [1.54, 1.807) is 0 Å². The highest BCUT2D eigenvalue weighted by Gasteiger charge is 2.32. The van der Waals surface area contributed by atoms with Gasteiger partial charge < -0.3 is 5.32 Å². The van der Waals surface area contributed by atoms with E-state index in [2.05, 4.69) is 10.3 Å². The Labute approximate surface area is 85.5 Å². The molecule has 1 fully saturated rings. The second kappa shape index (κ2) is 3.81. The molecule has 1 saturated heterocycles. The zero-order valence-corrected chi connectivity index (χ0v) is 8.01. The van der Waals surface area contributed by atoms with Crippen molar-refractivity contribution in [3.63, 3.8) is 0 Å². The monoisotopic (exact) mass is 216 g/mol. The topological polar surface area (TPSA) is 24.9 Å². The predicted molar refractivity (Wildman–Crippen MR) is 49.2 cm³/mol. The Morgan fingerprint density at radius 2 is 2.13 bits per heavy atom. The van der Waals surface area contributed by atoms with E-state index >= 15 is 0 Å². The highest BCUT2D eigenvalue weighted by Crippen LogP contribution is 2.29. The average Bonchev–Trinajstić information content (AvgIpc) is 2.69. The summed E-state index contributed by atoms with van der Waals surface area (Å²) in [5.74, 6) is 0. The Morgan fingerprint density at radius 1 is 1.33 bits per heavy atom. The highest BCUT2D eigenvalue weighted by molar-refractivity contribution is 5.19. The molecular formula is C10H11F3N2. The van der Waals surface area contributed by atoms with Crippen LogP contribution in [-0.4, -0.2) is 11.5 Å². The smallest absolute Gasteiger partial charge is 0.310 e. The first kappa shape index (κ1) is 10.4. The maximum Gasteiger partial charge on any atom is 0.433 e. The lowest BCUT2D eigenvalue weighted by Crippen LogP contribution is -2.14. The summed E-state index contributed by atoms with van der Waals surface area (Å²) in [6.07, 6.45) is -1.01. The lowest BCUT2D eigenvalue weighted by Gasteiger charge is -2.11. The van der Waals surface area contributed by atoms with Crippen molar-refractivity contribution < 1.29 is 13.2 Å². The molecule has 0 aromatic carbocycles. The van der Waals surface area contributed by atoms with Crippen LogP contribution in [0.1, 0.15) is 30.1 Å². The molecule has 2 nitrogen and oxygen atoms in total. The third-order valence-electron chi connectivity index (χ3n) is 2.54. The number of aromatic nitrogens is 1. The van der Waals surface area contributed by atoms with Crippen molar-refractivity contribution in [3.05, 3.63) is 29.6 Å². The van der Waals surface area contributed by atoms with Crippen LogP contribution in [0.4, 0.5) is 13.2 Å². The van der Waals surface area contributed by atoms with Crippen LogP contribution >= 0.6 is 0 Å². The minimum Gasteiger partial charge on any atom is -0.310 e. The Balaban J connectivity index is 2.16. The maximum absolute atomic E-state index is 12.2.